The zero-order valence-electron chi connectivity index (χ0n) is 17.5. The molecule has 11 nitrogen and oxygen atoms in total. The van der Waals surface area contributed by atoms with E-state index in [0.717, 1.165) is 5.56 Å². The van der Waals surface area contributed by atoms with Crippen LogP contribution in [0.5, 0.6) is 0 Å². The lowest BCUT2D eigenvalue weighted by atomic mass is 10.1. The summed E-state index contributed by atoms with van der Waals surface area (Å²) in [5.74, 6) is -1.50. The Morgan fingerprint density at radius 3 is 1.97 bits per heavy atom. The summed E-state index contributed by atoms with van der Waals surface area (Å²) in [7, 11) is -4.85. The lowest BCUT2D eigenvalue weighted by Crippen LogP contribution is -2.51. The van der Waals surface area contributed by atoms with Crippen LogP contribution in [0.25, 0.3) is 0 Å². The van der Waals surface area contributed by atoms with Crippen LogP contribution in [-0.2, 0) is 37.5 Å². The number of carbonyl (C=O) groups is 3. The molecule has 2 rings (SSSR count). The quantitative estimate of drug-likeness (QED) is 0.280. The lowest BCUT2D eigenvalue weighted by Gasteiger charge is -2.22. The molecule has 178 valence electrons. The Hall–Kier alpha value is -3.48. The van der Waals surface area contributed by atoms with Gasteiger partial charge in [0.25, 0.3) is 10.1 Å². The van der Waals surface area contributed by atoms with Gasteiger partial charge in [0.15, 0.2) is 0 Å². The molecule has 3 amide bonds. The maximum Gasteiger partial charge on any atom is 0.407 e. The number of aliphatic hydroxyl groups is 1. The highest BCUT2D eigenvalue weighted by atomic mass is 32.2. The van der Waals surface area contributed by atoms with Crippen molar-refractivity contribution in [1.29, 1.82) is 0 Å². The molecule has 0 saturated heterocycles. The van der Waals surface area contributed by atoms with E-state index in [1.165, 1.54) is 0 Å². The molecule has 5 N–H and O–H groups in total. The normalized spacial score (nSPS) is 12.8. The van der Waals surface area contributed by atoms with E-state index in [2.05, 4.69) is 16.0 Å². The summed E-state index contributed by atoms with van der Waals surface area (Å²) in [5.41, 5.74) is -0.892. The van der Waals surface area contributed by atoms with Gasteiger partial charge in [-0.1, -0.05) is 60.7 Å². The predicted octanol–water partition coefficient (Wildman–Crippen LogP) is -0.0373. The van der Waals surface area contributed by atoms with Crippen molar-refractivity contribution in [2.75, 3.05) is 13.1 Å². The molecule has 33 heavy (non-hydrogen) atoms. The van der Waals surface area contributed by atoms with Crippen LogP contribution < -0.4 is 16.0 Å². The number of amides is 3. The number of alkyl carbamates (subject to hydrolysis) is 1. The molecular formula is C21H25N3O8S. The maximum atomic E-state index is 12.2. The fraction of sp³-hybridized carbons (Fsp3) is 0.286. The number of aliphatic hydroxyl groups excluding tert-OH is 1. The second-order valence-electron chi connectivity index (χ2n) is 6.96. The van der Waals surface area contributed by atoms with E-state index in [9.17, 15) is 27.9 Å². The Morgan fingerprint density at radius 2 is 1.39 bits per heavy atom. The maximum absolute atomic E-state index is 12.2. The summed E-state index contributed by atoms with van der Waals surface area (Å²) >= 11 is 0. The average molecular weight is 480 g/mol. The first-order valence-corrected chi connectivity index (χ1v) is 11.3. The van der Waals surface area contributed by atoms with E-state index in [1.54, 1.807) is 54.6 Å². The molecule has 2 aromatic rings. The van der Waals surface area contributed by atoms with Gasteiger partial charge in [-0.25, -0.2) is 4.79 Å². The summed E-state index contributed by atoms with van der Waals surface area (Å²) < 4.78 is 36.8. The summed E-state index contributed by atoms with van der Waals surface area (Å²) in [5, 5.41) is 16.7. The fourth-order valence-electron chi connectivity index (χ4n) is 2.72. The minimum Gasteiger partial charge on any atom is -0.445 e. The molecule has 12 heteroatoms. The standard InChI is InChI=1S/C21H25N3O8S/c25-18(12-23-21(28)32-14-16-9-5-2-6-10-16)22-13-19(26)24-17(20(27)33(29,30)31)11-15-7-3-1-4-8-15/h1-10,17,20,27H,11-14H2,(H,22,25)(H,23,28)(H,24,26)(H,29,30,31). The van der Waals surface area contributed by atoms with Crippen LogP contribution in [0.3, 0.4) is 0 Å². The van der Waals surface area contributed by atoms with E-state index in [0.29, 0.717) is 5.56 Å². The number of ether oxygens (including phenoxy) is 1. The number of nitrogens with one attached hydrogen (secondary N) is 3. The van der Waals surface area contributed by atoms with Gasteiger partial charge in [0, 0.05) is 0 Å². The fourth-order valence-corrected chi connectivity index (χ4v) is 3.30. The van der Waals surface area contributed by atoms with Crippen LogP contribution in [-0.4, -0.2) is 60.6 Å². The molecule has 0 aliphatic carbocycles. The van der Waals surface area contributed by atoms with Crippen molar-refractivity contribution in [3.8, 4) is 0 Å². The lowest BCUT2D eigenvalue weighted by molar-refractivity contribution is -0.126. The van der Waals surface area contributed by atoms with E-state index in [-0.39, 0.29) is 13.0 Å². The van der Waals surface area contributed by atoms with Gasteiger partial charge in [-0.05, 0) is 17.5 Å². The topological polar surface area (TPSA) is 171 Å². The molecule has 0 fully saturated rings. The molecular weight excluding hydrogens is 454 g/mol. The number of hydrogen-bond acceptors (Lipinski definition) is 7. The largest absolute Gasteiger partial charge is 0.445 e. The van der Waals surface area contributed by atoms with E-state index in [1.807, 2.05) is 6.07 Å². The molecule has 0 bridgehead atoms. The Balaban J connectivity index is 1.78. The molecule has 0 aliphatic rings. The minimum atomic E-state index is -4.85. The molecule has 2 aromatic carbocycles. The minimum absolute atomic E-state index is 0.0234. The number of rotatable bonds is 11. The van der Waals surface area contributed by atoms with Crippen molar-refractivity contribution in [2.24, 2.45) is 0 Å². The van der Waals surface area contributed by atoms with Crippen LogP contribution in [0, 0.1) is 0 Å². The Morgan fingerprint density at radius 1 is 0.848 bits per heavy atom. The molecule has 0 radical (unpaired) electrons. The van der Waals surface area contributed by atoms with Crippen LogP contribution in [0.15, 0.2) is 60.7 Å². The first kappa shape index (κ1) is 25.8. The van der Waals surface area contributed by atoms with Gasteiger partial charge < -0.3 is 25.8 Å². The molecule has 2 atom stereocenters. The van der Waals surface area contributed by atoms with Crippen molar-refractivity contribution in [2.45, 2.75) is 24.5 Å². The highest BCUT2D eigenvalue weighted by Gasteiger charge is 2.31. The first-order chi connectivity index (χ1) is 15.6. The first-order valence-electron chi connectivity index (χ1n) is 9.84. The molecule has 0 heterocycles. The van der Waals surface area contributed by atoms with Crippen LogP contribution in [0.1, 0.15) is 11.1 Å². The number of carbonyl (C=O) groups excluding carboxylic acids is 3. The summed E-state index contributed by atoms with van der Waals surface area (Å²) in [6.45, 7) is -0.985. The van der Waals surface area contributed by atoms with Crippen molar-refractivity contribution in [1.82, 2.24) is 16.0 Å². The van der Waals surface area contributed by atoms with Crippen molar-refractivity contribution < 1.29 is 37.2 Å². The highest BCUT2D eigenvalue weighted by molar-refractivity contribution is 7.86. The third-order valence-corrected chi connectivity index (χ3v) is 5.29. The van der Waals surface area contributed by atoms with Crippen LogP contribution in [0.2, 0.25) is 0 Å². The zero-order valence-corrected chi connectivity index (χ0v) is 18.3. The zero-order chi connectivity index (χ0) is 24.3. The molecule has 0 aliphatic heterocycles. The van der Waals surface area contributed by atoms with Gasteiger partial charge in [-0.2, -0.15) is 8.42 Å². The Bertz CT molecular complexity index is 1030. The monoisotopic (exact) mass is 479 g/mol. The van der Waals surface area contributed by atoms with E-state index < -0.39 is 52.6 Å². The number of benzene rings is 2. The third-order valence-electron chi connectivity index (χ3n) is 4.35. The molecule has 0 aromatic heterocycles. The van der Waals surface area contributed by atoms with Gasteiger partial charge >= 0.3 is 6.09 Å². The SMILES string of the molecule is O=C(CNC(=O)OCc1ccccc1)NCC(=O)NC(Cc1ccccc1)C(O)S(=O)(=O)O. The molecule has 0 spiro atoms. The summed E-state index contributed by atoms with van der Waals surface area (Å²) in [6, 6.07) is 16.0. The third kappa shape index (κ3) is 9.68. The second-order valence-corrected chi connectivity index (χ2v) is 8.47. The van der Waals surface area contributed by atoms with Gasteiger partial charge in [0.2, 0.25) is 17.3 Å². The average Bonchev–Trinajstić information content (AvgIpc) is 2.80. The van der Waals surface area contributed by atoms with Crippen LogP contribution >= 0.6 is 0 Å². The Kier molecular flexibility index (Phi) is 9.79. The second kappa shape index (κ2) is 12.5. The predicted molar refractivity (Wildman–Crippen MR) is 117 cm³/mol. The van der Waals surface area contributed by atoms with Gasteiger partial charge in [-0.3, -0.25) is 14.1 Å². The van der Waals surface area contributed by atoms with Gasteiger partial charge in [-0.15, -0.1) is 0 Å². The van der Waals surface area contributed by atoms with Crippen molar-refractivity contribution in [3.05, 3.63) is 71.8 Å². The summed E-state index contributed by atoms with van der Waals surface area (Å²) in [4.78, 5) is 35.6. The van der Waals surface area contributed by atoms with Crippen LogP contribution in [0.4, 0.5) is 4.79 Å². The molecule has 0 saturated carbocycles. The van der Waals surface area contributed by atoms with Crippen molar-refractivity contribution >= 4 is 28.0 Å². The summed E-state index contributed by atoms with van der Waals surface area (Å²) in [6.07, 6.45) is -0.909. The van der Waals surface area contributed by atoms with Gasteiger partial charge in [0.05, 0.1) is 12.6 Å². The van der Waals surface area contributed by atoms with E-state index in [4.69, 9.17) is 9.29 Å². The van der Waals surface area contributed by atoms with E-state index >= 15 is 0 Å². The smallest absolute Gasteiger partial charge is 0.407 e. The number of hydrogen-bond donors (Lipinski definition) is 5. The Labute approximate surface area is 190 Å². The van der Waals surface area contributed by atoms with Gasteiger partial charge in [0.1, 0.15) is 13.2 Å². The highest BCUT2D eigenvalue weighted by Crippen LogP contribution is 2.10. The molecule has 2 unspecified atom stereocenters. The van der Waals surface area contributed by atoms with Crippen molar-refractivity contribution in [3.63, 3.8) is 0 Å².